The van der Waals surface area contributed by atoms with Crippen molar-refractivity contribution in [3.05, 3.63) is 97.2 Å². The number of esters is 3. The topological polar surface area (TPSA) is 78.9 Å². The van der Waals surface area contributed by atoms with Crippen LogP contribution in [0.2, 0.25) is 0 Å². The van der Waals surface area contributed by atoms with Gasteiger partial charge in [0.1, 0.15) is 13.2 Å². The van der Waals surface area contributed by atoms with Gasteiger partial charge in [-0.1, -0.05) is 279 Å². The molecule has 0 rings (SSSR count). The van der Waals surface area contributed by atoms with Gasteiger partial charge in [0.15, 0.2) is 6.10 Å². The number of ether oxygens (including phenoxy) is 3. The van der Waals surface area contributed by atoms with Crippen LogP contribution in [0.15, 0.2) is 97.2 Å². The first-order chi connectivity index (χ1) is 35.5. The third kappa shape index (κ3) is 57.2. The smallest absolute Gasteiger partial charge is 0.306 e. The summed E-state index contributed by atoms with van der Waals surface area (Å²) >= 11 is 0. The van der Waals surface area contributed by atoms with Crippen molar-refractivity contribution in [3.8, 4) is 0 Å². The summed E-state index contributed by atoms with van der Waals surface area (Å²) in [4.78, 5) is 37.8. The molecular weight excluding hydrogens is 889 g/mol. The summed E-state index contributed by atoms with van der Waals surface area (Å²) in [5.74, 6) is -0.917. The van der Waals surface area contributed by atoms with E-state index >= 15 is 0 Å². The molecule has 1 atom stereocenters. The van der Waals surface area contributed by atoms with Crippen LogP contribution in [0.4, 0.5) is 0 Å². The standard InChI is InChI=1S/C66H112O6/c1-4-7-10-13-15-17-19-21-23-25-27-29-30-31-32-33-34-35-36-37-39-40-42-44-46-48-50-53-56-59-65(68)71-62-63(61-70-64(67)58-55-52-12-9-6-3)72-66(69)60-57-54-51-49-47-45-43-41-38-28-26-24-22-20-18-16-14-11-8-5-2/h7,10,15,17,21,23,27,29,31-32,34-35,37,39,42,44,63H,4-6,8-9,11-14,16,18-20,22,24-26,28,30,33,36,38,40-41,43,45-62H2,1-3H3/b10-7-,17-15-,23-21-,29-27-,32-31-,35-34-,39-37-,44-42-. The van der Waals surface area contributed by atoms with E-state index in [1.165, 1.54) is 116 Å². The number of hydrogen-bond acceptors (Lipinski definition) is 6. The minimum Gasteiger partial charge on any atom is -0.462 e. The zero-order chi connectivity index (χ0) is 52.2. The van der Waals surface area contributed by atoms with Crippen molar-refractivity contribution >= 4 is 17.9 Å². The molecular formula is C66H112O6. The Labute approximate surface area is 445 Å². The Kier molecular flexibility index (Phi) is 56.8. The number of rotatable bonds is 54. The maximum atomic E-state index is 12.8. The van der Waals surface area contributed by atoms with Gasteiger partial charge in [0.05, 0.1) is 0 Å². The van der Waals surface area contributed by atoms with Gasteiger partial charge in [0.2, 0.25) is 0 Å². The lowest BCUT2D eigenvalue weighted by Crippen LogP contribution is -2.30. The fourth-order valence-corrected chi connectivity index (χ4v) is 8.34. The molecule has 0 aliphatic rings. The van der Waals surface area contributed by atoms with Crippen LogP contribution in [0.25, 0.3) is 0 Å². The molecule has 0 aromatic heterocycles. The van der Waals surface area contributed by atoms with E-state index in [1.54, 1.807) is 0 Å². The van der Waals surface area contributed by atoms with E-state index in [0.717, 1.165) is 128 Å². The molecule has 0 N–H and O–H groups in total. The van der Waals surface area contributed by atoms with Crippen LogP contribution >= 0.6 is 0 Å². The summed E-state index contributed by atoms with van der Waals surface area (Å²) in [5.41, 5.74) is 0. The third-order valence-electron chi connectivity index (χ3n) is 12.9. The van der Waals surface area contributed by atoms with Gasteiger partial charge in [0, 0.05) is 19.3 Å². The molecule has 6 nitrogen and oxygen atoms in total. The molecule has 1 unspecified atom stereocenters. The van der Waals surface area contributed by atoms with Crippen LogP contribution in [0.5, 0.6) is 0 Å². The Balaban J connectivity index is 4.14. The average molecular weight is 1000 g/mol. The van der Waals surface area contributed by atoms with Crippen molar-refractivity contribution in [2.75, 3.05) is 13.2 Å². The third-order valence-corrected chi connectivity index (χ3v) is 12.9. The molecule has 0 bridgehead atoms. The molecule has 0 saturated heterocycles. The summed E-state index contributed by atoms with van der Waals surface area (Å²) in [6, 6.07) is 0. The molecule has 0 radical (unpaired) electrons. The number of carbonyl (C=O) groups excluding carboxylic acids is 3. The SMILES string of the molecule is CC/C=C\C/C=C\C/C=C\C/C=C\C/C=C\C/C=C\C/C=C\C/C=C\CCCCCCC(=O)OCC(COC(=O)CCCCCCC)OC(=O)CCCCCCCCCCCCCCCCCCCCCC. The highest BCUT2D eigenvalue weighted by Crippen LogP contribution is 2.16. The normalized spacial score (nSPS) is 12.8. The molecule has 0 aromatic rings. The molecule has 0 fully saturated rings. The number of allylic oxidation sites excluding steroid dienone is 16. The lowest BCUT2D eigenvalue weighted by molar-refractivity contribution is -0.167. The lowest BCUT2D eigenvalue weighted by Gasteiger charge is -2.18. The van der Waals surface area contributed by atoms with E-state index in [2.05, 4.69) is 118 Å². The van der Waals surface area contributed by atoms with Crippen LogP contribution in [-0.2, 0) is 28.6 Å². The largest absolute Gasteiger partial charge is 0.462 e. The van der Waals surface area contributed by atoms with E-state index in [4.69, 9.17) is 14.2 Å². The average Bonchev–Trinajstić information content (AvgIpc) is 3.38. The number of hydrogen-bond donors (Lipinski definition) is 0. The molecule has 412 valence electrons. The van der Waals surface area contributed by atoms with E-state index in [0.29, 0.717) is 19.3 Å². The molecule has 6 heteroatoms. The van der Waals surface area contributed by atoms with Gasteiger partial charge in [-0.15, -0.1) is 0 Å². The molecule has 0 aliphatic heterocycles. The van der Waals surface area contributed by atoms with Crippen molar-refractivity contribution in [2.45, 2.75) is 290 Å². The monoisotopic (exact) mass is 1000 g/mol. The van der Waals surface area contributed by atoms with Gasteiger partial charge < -0.3 is 14.2 Å². The number of carbonyl (C=O) groups is 3. The highest BCUT2D eigenvalue weighted by Gasteiger charge is 2.19. The van der Waals surface area contributed by atoms with Crippen LogP contribution in [0.3, 0.4) is 0 Å². The zero-order valence-electron chi connectivity index (χ0n) is 47.2. The molecule has 0 spiro atoms. The van der Waals surface area contributed by atoms with E-state index in [1.807, 2.05) is 0 Å². The first kappa shape index (κ1) is 68.3. The van der Waals surface area contributed by atoms with E-state index in [9.17, 15) is 14.4 Å². The van der Waals surface area contributed by atoms with E-state index < -0.39 is 6.10 Å². The Hall–Kier alpha value is -3.67. The molecule has 0 aliphatic carbocycles. The second-order valence-corrected chi connectivity index (χ2v) is 19.9. The van der Waals surface area contributed by atoms with E-state index in [-0.39, 0.29) is 31.1 Å². The number of unbranched alkanes of at least 4 members (excludes halogenated alkanes) is 27. The summed E-state index contributed by atoms with van der Waals surface area (Å²) in [5, 5.41) is 0. The highest BCUT2D eigenvalue weighted by atomic mass is 16.6. The minimum absolute atomic E-state index is 0.0845. The Bertz CT molecular complexity index is 1430. The molecule has 72 heavy (non-hydrogen) atoms. The Morgan fingerprint density at radius 3 is 0.847 bits per heavy atom. The van der Waals surface area contributed by atoms with Crippen LogP contribution in [-0.4, -0.2) is 37.2 Å². The summed E-state index contributed by atoms with van der Waals surface area (Å²) in [7, 11) is 0. The highest BCUT2D eigenvalue weighted by molar-refractivity contribution is 5.71. The van der Waals surface area contributed by atoms with Crippen molar-refractivity contribution in [2.24, 2.45) is 0 Å². The fraction of sp³-hybridized carbons (Fsp3) is 0.712. The van der Waals surface area contributed by atoms with Crippen LogP contribution in [0.1, 0.15) is 284 Å². The van der Waals surface area contributed by atoms with Gasteiger partial charge in [-0.2, -0.15) is 0 Å². The van der Waals surface area contributed by atoms with Crippen molar-refractivity contribution < 1.29 is 28.6 Å². The second-order valence-electron chi connectivity index (χ2n) is 19.9. The quantitative estimate of drug-likeness (QED) is 0.0261. The summed E-state index contributed by atoms with van der Waals surface area (Å²) < 4.78 is 16.7. The van der Waals surface area contributed by atoms with Gasteiger partial charge in [-0.25, -0.2) is 0 Å². The Morgan fingerprint density at radius 2 is 0.542 bits per heavy atom. The first-order valence-corrected chi connectivity index (χ1v) is 30.2. The van der Waals surface area contributed by atoms with Gasteiger partial charge in [0.25, 0.3) is 0 Å². The fourth-order valence-electron chi connectivity index (χ4n) is 8.34. The van der Waals surface area contributed by atoms with Gasteiger partial charge >= 0.3 is 17.9 Å². The lowest BCUT2D eigenvalue weighted by atomic mass is 10.0. The predicted molar refractivity (Wildman–Crippen MR) is 311 cm³/mol. The summed E-state index contributed by atoms with van der Waals surface area (Å²) in [6.07, 6.45) is 80.2. The maximum absolute atomic E-state index is 12.8. The minimum atomic E-state index is -0.783. The molecule has 0 amide bonds. The second kappa shape index (κ2) is 59.9. The van der Waals surface area contributed by atoms with Crippen molar-refractivity contribution in [1.82, 2.24) is 0 Å². The van der Waals surface area contributed by atoms with Gasteiger partial charge in [-0.3, -0.25) is 14.4 Å². The first-order valence-electron chi connectivity index (χ1n) is 30.2. The molecule has 0 aromatic carbocycles. The van der Waals surface area contributed by atoms with Crippen LogP contribution in [0, 0.1) is 0 Å². The zero-order valence-corrected chi connectivity index (χ0v) is 47.2. The molecule has 0 saturated carbocycles. The molecule has 0 heterocycles. The van der Waals surface area contributed by atoms with Crippen molar-refractivity contribution in [3.63, 3.8) is 0 Å². The van der Waals surface area contributed by atoms with Crippen LogP contribution < -0.4 is 0 Å². The van der Waals surface area contributed by atoms with Crippen molar-refractivity contribution in [1.29, 1.82) is 0 Å². The Morgan fingerprint density at radius 1 is 0.292 bits per heavy atom. The maximum Gasteiger partial charge on any atom is 0.306 e. The van der Waals surface area contributed by atoms with Gasteiger partial charge in [-0.05, 0) is 83.5 Å². The summed E-state index contributed by atoms with van der Waals surface area (Å²) in [6.45, 7) is 6.44. The predicted octanol–water partition coefficient (Wildman–Crippen LogP) is 20.5.